The van der Waals surface area contributed by atoms with E-state index in [1.54, 1.807) is 31.4 Å². The molecule has 3 aromatic rings. The normalized spacial score (nSPS) is 10.9. The quantitative estimate of drug-likeness (QED) is 0.291. The molecule has 2 aromatic carbocycles. The summed E-state index contributed by atoms with van der Waals surface area (Å²) in [6, 6.07) is 16.8. The molecule has 1 heterocycles. The lowest BCUT2D eigenvalue weighted by atomic mass is 10.1. The monoisotopic (exact) mass is 462 g/mol. The van der Waals surface area contributed by atoms with E-state index in [9.17, 15) is 4.79 Å². The van der Waals surface area contributed by atoms with Crippen LogP contribution in [0.3, 0.4) is 0 Å². The van der Waals surface area contributed by atoms with Gasteiger partial charge in [0.15, 0.2) is 5.78 Å². The highest BCUT2D eigenvalue weighted by Gasteiger charge is 2.08. The number of carbonyl (C=O) groups excluding carboxylic acids is 1. The highest BCUT2D eigenvalue weighted by molar-refractivity contribution is 9.10. The molecule has 0 saturated carbocycles. The van der Waals surface area contributed by atoms with E-state index in [1.807, 2.05) is 42.5 Å². The zero-order valence-electron chi connectivity index (χ0n) is 14.4. The van der Waals surface area contributed by atoms with Crippen molar-refractivity contribution in [2.75, 3.05) is 7.11 Å². The Hall–Kier alpha value is -2.08. The van der Waals surface area contributed by atoms with Crippen LogP contribution in [0, 0.1) is 0 Å². The van der Waals surface area contributed by atoms with E-state index in [1.165, 1.54) is 11.3 Å². The highest BCUT2D eigenvalue weighted by atomic mass is 79.9. The molecule has 3 rings (SSSR count). The Bertz CT molecular complexity index is 981. The summed E-state index contributed by atoms with van der Waals surface area (Å²) < 4.78 is 12.8. The van der Waals surface area contributed by atoms with E-state index in [0.717, 1.165) is 27.1 Å². The SMILES string of the molecule is COc1ccc(/C=C/C(=O)c2ccc(Cl)s2)cc1COc1ccccc1Br. The molecule has 27 heavy (non-hydrogen) atoms. The molecule has 6 heteroatoms. The van der Waals surface area contributed by atoms with Gasteiger partial charge in [-0.1, -0.05) is 35.9 Å². The summed E-state index contributed by atoms with van der Waals surface area (Å²) in [5.41, 5.74) is 1.78. The van der Waals surface area contributed by atoms with Crippen molar-refractivity contribution in [1.29, 1.82) is 0 Å². The topological polar surface area (TPSA) is 35.5 Å². The molecule has 3 nitrogen and oxygen atoms in total. The second-order valence-electron chi connectivity index (χ2n) is 5.59. The van der Waals surface area contributed by atoms with E-state index in [-0.39, 0.29) is 5.78 Å². The second kappa shape index (κ2) is 9.22. The van der Waals surface area contributed by atoms with E-state index in [4.69, 9.17) is 21.1 Å². The average molecular weight is 464 g/mol. The second-order valence-corrected chi connectivity index (χ2v) is 8.16. The van der Waals surface area contributed by atoms with Gasteiger partial charge in [-0.2, -0.15) is 0 Å². The zero-order chi connectivity index (χ0) is 19.2. The van der Waals surface area contributed by atoms with Crippen molar-refractivity contribution in [2.24, 2.45) is 0 Å². The van der Waals surface area contributed by atoms with Gasteiger partial charge in [-0.3, -0.25) is 4.79 Å². The first-order valence-electron chi connectivity index (χ1n) is 8.09. The van der Waals surface area contributed by atoms with Crippen molar-refractivity contribution in [3.63, 3.8) is 0 Å². The first-order chi connectivity index (χ1) is 13.1. The molecule has 0 aliphatic rings. The summed E-state index contributed by atoms with van der Waals surface area (Å²) in [7, 11) is 1.62. The molecule has 0 spiro atoms. The van der Waals surface area contributed by atoms with Crippen LogP contribution in [0.5, 0.6) is 11.5 Å². The smallest absolute Gasteiger partial charge is 0.195 e. The lowest BCUT2D eigenvalue weighted by molar-refractivity contribution is 0.105. The minimum absolute atomic E-state index is 0.0752. The summed E-state index contributed by atoms with van der Waals surface area (Å²) in [6.45, 7) is 0.349. The average Bonchev–Trinajstić information content (AvgIpc) is 3.12. The first-order valence-corrected chi connectivity index (χ1v) is 10.1. The molecular formula is C21H16BrClO3S. The molecule has 0 unspecified atom stereocenters. The van der Waals surface area contributed by atoms with Gasteiger partial charge in [0.1, 0.15) is 18.1 Å². The minimum Gasteiger partial charge on any atom is -0.496 e. The van der Waals surface area contributed by atoms with Gasteiger partial charge < -0.3 is 9.47 Å². The third-order valence-electron chi connectivity index (χ3n) is 3.77. The minimum atomic E-state index is -0.0752. The number of ketones is 1. The fraction of sp³-hybridized carbons (Fsp3) is 0.0952. The van der Waals surface area contributed by atoms with Crippen LogP contribution in [0.4, 0.5) is 0 Å². The maximum absolute atomic E-state index is 12.2. The number of carbonyl (C=O) groups is 1. The largest absolute Gasteiger partial charge is 0.496 e. The fourth-order valence-corrected chi connectivity index (χ4v) is 3.80. The van der Waals surface area contributed by atoms with Gasteiger partial charge in [0.25, 0.3) is 0 Å². The lowest BCUT2D eigenvalue weighted by Gasteiger charge is -2.12. The third-order valence-corrected chi connectivity index (χ3v) is 5.67. The van der Waals surface area contributed by atoms with Crippen LogP contribution >= 0.6 is 38.9 Å². The summed E-state index contributed by atoms with van der Waals surface area (Å²) >= 11 is 10.6. The van der Waals surface area contributed by atoms with Gasteiger partial charge in [0.05, 0.1) is 20.8 Å². The van der Waals surface area contributed by atoms with Crippen molar-refractivity contribution in [3.8, 4) is 11.5 Å². The molecule has 0 radical (unpaired) electrons. The molecular weight excluding hydrogens is 448 g/mol. The van der Waals surface area contributed by atoms with Crippen LogP contribution in [0.25, 0.3) is 6.08 Å². The number of benzene rings is 2. The van der Waals surface area contributed by atoms with Gasteiger partial charge in [0.2, 0.25) is 0 Å². The van der Waals surface area contributed by atoms with Gasteiger partial charge in [-0.25, -0.2) is 0 Å². The van der Waals surface area contributed by atoms with Gasteiger partial charge in [-0.15, -0.1) is 11.3 Å². The number of ether oxygens (including phenoxy) is 2. The van der Waals surface area contributed by atoms with E-state index < -0.39 is 0 Å². The van der Waals surface area contributed by atoms with Crippen LogP contribution in [0.2, 0.25) is 4.34 Å². The number of hydrogen-bond donors (Lipinski definition) is 0. The van der Waals surface area contributed by atoms with Crippen molar-refractivity contribution in [2.45, 2.75) is 6.61 Å². The van der Waals surface area contributed by atoms with Crippen molar-refractivity contribution >= 4 is 50.7 Å². The number of methoxy groups -OCH3 is 1. The summed E-state index contributed by atoms with van der Waals surface area (Å²) in [6.07, 6.45) is 3.32. The standard InChI is InChI=1S/C21H16BrClO3S/c1-25-18-9-7-14(6-8-17(24)20-10-11-21(23)27-20)12-15(18)13-26-19-5-3-2-4-16(19)22/h2-12H,13H2,1H3/b8-6+. The van der Waals surface area contributed by atoms with E-state index in [2.05, 4.69) is 15.9 Å². The number of rotatable bonds is 7. The zero-order valence-corrected chi connectivity index (χ0v) is 17.6. The van der Waals surface area contributed by atoms with E-state index >= 15 is 0 Å². The fourth-order valence-electron chi connectivity index (χ4n) is 2.43. The Kier molecular flexibility index (Phi) is 6.72. The molecule has 138 valence electrons. The Morgan fingerprint density at radius 2 is 1.96 bits per heavy atom. The Labute approximate surface area is 175 Å². The molecule has 0 atom stereocenters. The van der Waals surface area contributed by atoms with Gasteiger partial charge in [-0.05, 0) is 64.0 Å². The lowest BCUT2D eigenvalue weighted by Crippen LogP contribution is -2.00. The molecule has 0 amide bonds. The maximum atomic E-state index is 12.2. The van der Waals surface area contributed by atoms with Crippen LogP contribution in [0.15, 0.2) is 65.1 Å². The van der Waals surface area contributed by atoms with Crippen molar-refractivity contribution in [3.05, 3.63) is 85.5 Å². The molecule has 0 bridgehead atoms. The Balaban J connectivity index is 1.75. The predicted octanol–water partition coefficient (Wildman–Crippen LogP) is 6.65. The number of halogens is 2. The van der Waals surface area contributed by atoms with Gasteiger partial charge in [0, 0.05) is 5.56 Å². The van der Waals surface area contributed by atoms with Crippen LogP contribution in [-0.4, -0.2) is 12.9 Å². The molecule has 0 aliphatic carbocycles. The van der Waals surface area contributed by atoms with Crippen LogP contribution in [-0.2, 0) is 6.61 Å². The summed E-state index contributed by atoms with van der Waals surface area (Å²) in [5, 5.41) is 0. The molecule has 0 N–H and O–H groups in total. The summed E-state index contributed by atoms with van der Waals surface area (Å²) in [5.74, 6) is 1.41. The molecule has 1 aromatic heterocycles. The van der Waals surface area contributed by atoms with E-state index in [0.29, 0.717) is 15.8 Å². The number of hydrogen-bond acceptors (Lipinski definition) is 4. The third kappa shape index (κ3) is 5.22. The number of allylic oxidation sites excluding steroid dienone is 1. The number of para-hydroxylation sites is 1. The molecule has 0 aliphatic heterocycles. The molecule has 0 saturated heterocycles. The predicted molar refractivity (Wildman–Crippen MR) is 114 cm³/mol. The van der Waals surface area contributed by atoms with Crippen molar-refractivity contribution in [1.82, 2.24) is 0 Å². The summed E-state index contributed by atoms with van der Waals surface area (Å²) in [4.78, 5) is 12.8. The Morgan fingerprint density at radius 1 is 1.15 bits per heavy atom. The molecule has 0 fully saturated rings. The highest BCUT2D eigenvalue weighted by Crippen LogP contribution is 2.27. The Morgan fingerprint density at radius 3 is 2.67 bits per heavy atom. The van der Waals surface area contributed by atoms with Gasteiger partial charge >= 0.3 is 0 Å². The van der Waals surface area contributed by atoms with Crippen LogP contribution in [0.1, 0.15) is 20.8 Å². The first kappa shape index (κ1) is 19.7. The maximum Gasteiger partial charge on any atom is 0.195 e. The van der Waals surface area contributed by atoms with Crippen molar-refractivity contribution < 1.29 is 14.3 Å². The number of thiophene rings is 1. The van der Waals surface area contributed by atoms with Crippen LogP contribution < -0.4 is 9.47 Å².